The van der Waals surface area contributed by atoms with Gasteiger partial charge in [0.15, 0.2) is 6.40 Å². The molecule has 1 aromatic carbocycles. The van der Waals surface area contributed by atoms with E-state index in [0.717, 1.165) is 12.1 Å². The lowest BCUT2D eigenvalue weighted by Crippen LogP contribution is -2.06. The highest BCUT2D eigenvalue weighted by Crippen LogP contribution is 2.31. The van der Waals surface area contributed by atoms with Crippen LogP contribution in [0.3, 0.4) is 0 Å². The molecule has 0 N–H and O–H groups in total. The van der Waals surface area contributed by atoms with Gasteiger partial charge in [-0.05, 0) is 17.7 Å². The van der Waals surface area contributed by atoms with Crippen LogP contribution in [-0.4, -0.2) is 13.0 Å². The molecule has 0 aliphatic carbocycles. The van der Waals surface area contributed by atoms with Crippen molar-refractivity contribution in [2.75, 3.05) is 6.61 Å². The summed E-state index contributed by atoms with van der Waals surface area (Å²) < 4.78 is 42.0. The number of halogens is 3. The maximum atomic E-state index is 12.4. The Morgan fingerprint density at radius 1 is 1.33 bits per heavy atom. The molecule has 1 aliphatic heterocycles. The maximum absolute atomic E-state index is 12.4. The minimum Gasteiger partial charge on any atom is -0.481 e. The summed E-state index contributed by atoms with van der Waals surface area (Å²) in [7, 11) is 0. The molecule has 2 nitrogen and oxygen atoms in total. The molecule has 0 radical (unpaired) electrons. The number of benzene rings is 1. The van der Waals surface area contributed by atoms with Gasteiger partial charge in [-0.3, -0.25) is 0 Å². The number of aliphatic imine (C=N–C) groups is 1. The Labute approximate surface area is 84.4 Å². The first-order chi connectivity index (χ1) is 7.07. The molecule has 5 heteroatoms. The molecule has 0 saturated carbocycles. The van der Waals surface area contributed by atoms with Crippen LogP contribution in [0.5, 0.6) is 0 Å². The number of alkyl halides is 3. The Bertz CT molecular complexity index is 386. The van der Waals surface area contributed by atoms with Crippen molar-refractivity contribution in [1.82, 2.24) is 0 Å². The van der Waals surface area contributed by atoms with Gasteiger partial charge in [0.2, 0.25) is 0 Å². The highest BCUT2D eigenvalue weighted by molar-refractivity contribution is 5.50. The molecule has 0 amide bonds. The largest absolute Gasteiger partial charge is 0.481 e. The zero-order chi connectivity index (χ0) is 10.9. The van der Waals surface area contributed by atoms with E-state index in [1.165, 1.54) is 12.5 Å². The summed E-state index contributed by atoms with van der Waals surface area (Å²) in [4.78, 5) is 3.91. The molecular formula is C10H8F3NO. The van der Waals surface area contributed by atoms with E-state index in [0.29, 0.717) is 12.2 Å². The Kier molecular flexibility index (Phi) is 2.38. The highest BCUT2D eigenvalue weighted by Gasteiger charge is 2.31. The number of hydrogen-bond acceptors (Lipinski definition) is 2. The van der Waals surface area contributed by atoms with Gasteiger partial charge in [0.1, 0.15) is 12.6 Å². The molecule has 0 saturated heterocycles. The van der Waals surface area contributed by atoms with Crippen LogP contribution < -0.4 is 0 Å². The summed E-state index contributed by atoms with van der Waals surface area (Å²) in [5, 5.41) is 0. The van der Waals surface area contributed by atoms with E-state index >= 15 is 0 Å². The number of rotatable bonds is 1. The van der Waals surface area contributed by atoms with Crippen molar-refractivity contribution in [3.63, 3.8) is 0 Å². The van der Waals surface area contributed by atoms with E-state index in [1.807, 2.05) is 0 Å². The van der Waals surface area contributed by atoms with Crippen molar-refractivity contribution in [2.45, 2.75) is 12.2 Å². The van der Waals surface area contributed by atoms with Crippen LogP contribution in [0, 0.1) is 0 Å². The van der Waals surface area contributed by atoms with Gasteiger partial charge < -0.3 is 4.74 Å². The van der Waals surface area contributed by atoms with Crippen molar-refractivity contribution >= 4 is 6.40 Å². The third-order valence-corrected chi connectivity index (χ3v) is 2.17. The summed E-state index contributed by atoms with van der Waals surface area (Å²) in [6, 6.07) is 4.84. The monoisotopic (exact) mass is 215 g/mol. The molecule has 0 aromatic heterocycles. The lowest BCUT2D eigenvalue weighted by Gasteiger charge is -2.10. The first-order valence-electron chi connectivity index (χ1n) is 4.38. The van der Waals surface area contributed by atoms with Crippen LogP contribution in [0.2, 0.25) is 0 Å². The second-order valence-electron chi connectivity index (χ2n) is 3.23. The normalized spacial score (nSPS) is 20.3. The average Bonchev–Trinajstić information content (AvgIpc) is 2.69. The lowest BCUT2D eigenvalue weighted by molar-refractivity contribution is -0.137. The predicted octanol–water partition coefficient (Wildman–Crippen LogP) is 2.81. The quantitative estimate of drug-likeness (QED) is 0.705. The van der Waals surface area contributed by atoms with Gasteiger partial charge in [-0.2, -0.15) is 13.2 Å². The van der Waals surface area contributed by atoms with Crippen LogP contribution >= 0.6 is 0 Å². The van der Waals surface area contributed by atoms with E-state index in [9.17, 15) is 13.2 Å². The second kappa shape index (κ2) is 3.56. The van der Waals surface area contributed by atoms with Gasteiger partial charge in [0.05, 0.1) is 5.56 Å². The maximum Gasteiger partial charge on any atom is 0.416 e. The first kappa shape index (κ1) is 10.0. The fourth-order valence-electron chi connectivity index (χ4n) is 1.40. The summed E-state index contributed by atoms with van der Waals surface area (Å²) in [6.07, 6.45) is -3.04. The minimum atomic E-state index is -4.31. The molecule has 1 heterocycles. The van der Waals surface area contributed by atoms with Gasteiger partial charge in [0.25, 0.3) is 0 Å². The van der Waals surface area contributed by atoms with E-state index in [1.54, 1.807) is 6.07 Å². The van der Waals surface area contributed by atoms with Crippen molar-refractivity contribution in [3.05, 3.63) is 35.4 Å². The first-order valence-corrected chi connectivity index (χ1v) is 4.38. The van der Waals surface area contributed by atoms with Crippen LogP contribution in [0.4, 0.5) is 13.2 Å². The fourth-order valence-corrected chi connectivity index (χ4v) is 1.40. The Morgan fingerprint density at radius 2 is 2.13 bits per heavy atom. The van der Waals surface area contributed by atoms with Crippen molar-refractivity contribution in [2.24, 2.45) is 4.99 Å². The van der Waals surface area contributed by atoms with Crippen molar-refractivity contribution in [3.8, 4) is 0 Å². The van der Waals surface area contributed by atoms with E-state index in [4.69, 9.17) is 4.74 Å². The minimum absolute atomic E-state index is 0.307. The molecule has 0 fully saturated rings. The Morgan fingerprint density at radius 3 is 2.73 bits per heavy atom. The molecule has 15 heavy (non-hydrogen) atoms. The molecule has 1 aliphatic rings. The number of ether oxygens (including phenoxy) is 1. The topological polar surface area (TPSA) is 21.6 Å². The van der Waals surface area contributed by atoms with Gasteiger partial charge >= 0.3 is 6.18 Å². The molecule has 2 rings (SSSR count). The van der Waals surface area contributed by atoms with E-state index in [2.05, 4.69) is 4.99 Å². The SMILES string of the molecule is FC(F)(F)c1cccc(C2COC=N2)c1. The molecule has 1 unspecified atom stereocenters. The molecular weight excluding hydrogens is 207 g/mol. The summed E-state index contributed by atoms with van der Waals surface area (Å²) in [5.74, 6) is 0. The number of nitrogens with zero attached hydrogens (tertiary/aromatic N) is 1. The molecule has 80 valence electrons. The van der Waals surface area contributed by atoms with Gasteiger partial charge in [-0.25, -0.2) is 4.99 Å². The Hall–Kier alpha value is -1.52. The summed E-state index contributed by atoms with van der Waals surface area (Å²) in [5.41, 5.74) is -0.124. The molecule has 0 spiro atoms. The summed E-state index contributed by atoms with van der Waals surface area (Å²) >= 11 is 0. The van der Waals surface area contributed by atoms with Crippen molar-refractivity contribution < 1.29 is 17.9 Å². The van der Waals surface area contributed by atoms with Crippen LogP contribution in [0.15, 0.2) is 29.3 Å². The Balaban J connectivity index is 2.30. The third kappa shape index (κ3) is 2.11. The standard InChI is InChI=1S/C10H8F3NO/c11-10(12,13)8-3-1-2-7(4-8)9-5-15-6-14-9/h1-4,6,9H,5H2. The van der Waals surface area contributed by atoms with Crippen LogP contribution in [0.25, 0.3) is 0 Å². The smallest absolute Gasteiger partial charge is 0.416 e. The van der Waals surface area contributed by atoms with E-state index < -0.39 is 11.7 Å². The van der Waals surface area contributed by atoms with Gasteiger partial charge in [-0.15, -0.1) is 0 Å². The molecule has 0 bridgehead atoms. The fraction of sp³-hybridized carbons (Fsp3) is 0.300. The molecule has 1 aromatic rings. The van der Waals surface area contributed by atoms with Crippen LogP contribution in [0.1, 0.15) is 17.2 Å². The average molecular weight is 215 g/mol. The lowest BCUT2D eigenvalue weighted by atomic mass is 10.1. The molecule has 1 atom stereocenters. The highest BCUT2D eigenvalue weighted by atomic mass is 19.4. The zero-order valence-electron chi connectivity index (χ0n) is 7.66. The predicted molar refractivity (Wildman–Crippen MR) is 48.6 cm³/mol. The van der Waals surface area contributed by atoms with Crippen LogP contribution in [-0.2, 0) is 10.9 Å². The van der Waals surface area contributed by atoms with Gasteiger partial charge in [0, 0.05) is 0 Å². The van der Waals surface area contributed by atoms with Gasteiger partial charge in [-0.1, -0.05) is 12.1 Å². The third-order valence-electron chi connectivity index (χ3n) is 2.17. The summed E-state index contributed by atoms with van der Waals surface area (Å²) in [6.45, 7) is 0.307. The van der Waals surface area contributed by atoms with E-state index in [-0.39, 0.29) is 6.04 Å². The zero-order valence-corrected chi connectivity index (χ0v) is 7.66. The second-order valence-corrected chi connectivity index (χ2v) is 3.23. The number of hydrogen-bond donors (Lipinski definition) is 0. The van der Waals surface area contributed by atoms with Crippen molar-refractivity contribution in [1.29, 1.82) is 0 Å².